The lowest BCUT2D eigenvalue weighted by molar-refractivity contribution is 0.189. The van der Waals surface area contributed by atoms with E-state index in [9.17, 15) is 0 Å². The quantitative estimate of drug-likeness (QED) is 0.592. The molecule has 0 aliphatic rings. The third-order valence-corrected chi connectivity index (χ3v) is 3.51. The monoisotopic (exact) mass is 244 g/mol. The Labute approximate surface area is 107 Å². The molecule has 0 rings (SSSR count). The van der Waals surface area contributed by atoms with Gasteiger partial charge in [-0.1, -0.05) is 6.92 Å². The lowest BCUT2D eigenvalue weighted by Crippen LogP contribution is -2.47. The molecular formula is C13H32N4. The zero-order valence-electron chi connectivity index (χ0n) is 12.4. The SMILES string of the molecule is CN(C)CCCC(C)(CCCN(C)C)C(N)N. The van der Waals surface area contributed by atoms with Crippen LogP contribution in [0.3, 0.4) is 0 Å². The topological polar surface area (TPSA) is 58.5 Å². The molecule has 17 heavy (non-hydrogen) atoms. The Hall–Kier alpha value is -0.160. The summed E-state index contributed by atoms with van der Waals surface area (Å²) in [6.45, 7) is 4.44. The summed E-state index contributed by atoms with van der Waals surface area (Å²) in [7, 11) is 8.41. The molecule has 0 bridgehead atoms. The van der Waals surface area contributed by atoms with Crippen LogP contribution in [0.25, 0.3) is 0 Å². The van der Waals surface area contributed by atoms with Gasteiger partial charge >= 0.3 is 0 Å². The van der Waals surface area contributed by atoms with Gasteiger partial charge in [0.05, 0.1) is 6.17 Å². The van der Waals surface area contributed by atoms with Gasteiger partial charge in [-0.15, -0.1) is 0 Å². The van der Waals surface area contributed by atoms with E-state index in [1.165, 1.54) is 0 Å². The summed E-state index contributed by atoms with van der Waals surface area (Å²) in [6.07, 6.45) is 4.33. The first kappa shape index (κ1) is 16.8. The average molecular weight is 244 g/mol. The summed E-state index contributed by atoms with van der Waals surface area (Å²) >= 11 is 0. The molecule has 0 aliphatic heterocycles. The van der Waals surface area contributed by atoms with Gasteiger partial charge in [-0.2, -0.15) is 0 Å². The van der Waals surface area contributed by atoms with E-state index in [0.717, 1.165) is 38.8 Å². The molecular weight excluding hydrogens is 212 g/mol. The van der Waals surface area contributed by atoms with Gasteiger partial charge in [0.15, 0.2) is 0 Å². The smallest absolute Gasteiger partial charge is 0.0576 e. The van der Waals surface area contributed by atoms with Crippen molar-refractivity contribution >= 4 is 0 Å². The molecule has 0 aromatic rings. The third-order valence-electron chi connectivity index (χ3n) is 3.51. The van der Waals surface area contributed by atoms with Crippen molar-refractivity contribution in [2.45, 2.75) is 38.8 Å². The first-order valence-electron chi connectivity index (χ1n) is 6.58. The van der Waals surface area contributed by atoms with E-state index in [4.69, 9.17) is 11.5 Å². The molecule has 0 atom stereocenters. The first-order valence-corrected chi connectivity index (χ1v) is 6.58. The van der Waals surface area contributed by atoms with Gasteiger partial charge in [-0.3, -0.25) is 0 Å². The van der Waals surface area contributed by atoms with Gasteiger partial charge in [0.2, 0.25) is 0 Å². The fourth-order valence-corrected chi connectivity index (χ4v) is 2.06. The predicted octanol–water partition coefficient (Wildman–Crippen LogP) is 0.920. The molecule has 0 spiro atoms. The van der Waals surface area contributed by atoms with Crippen LogP contribution >= 0.6 is 0 Å². The van der Waals surface area contributed by atoms with Crippen LogP contribution in [-0.2, 0) is 0 Å². The molecule has 0 unspecified atom stereocenters. The average Bonchev–Trinajstić information content (AvgIpc) is 2.16. The Bertz CT molecular complexity index is 176. The van der Waals surface area contributed by atoms with Crippen molar-refractivity contribution in [2.75, 3.05) is 41.3 Å². The number of hydrogen-bond donors (Lipinski definition) is 2. The second-order valence-electron chi connectivity index (χ2n) is 5.99. The maximum absolute atomic E-state index is 5.96. The molecule has 0 aliphatic carbocycles. The van der Waals surface area contributed by atoms with Crippen molar-refractivity contribution in [1.82, 2.24) is 9.80 Å². The normalized spacial score (nSPS) is 13.1. The first-order chi connectivity index (χ1) is 7.78. The molecule has 0 saturated carbocycles. The molecule has 0 radical (unpaired) electrons. The molecule has 104 valence electrons. The fraction of sp³-hybridized carbons (Fsp3) is 1.00. The molecule has 0 heterocycles. The van der Waals surface area contributed by atoms with E-state index in [0.29, 0.717) is 0 Å². The summed E-state index contributed by atoms with van der Waals surface area (Å²) in [4.78, 5) is 4.42. The fourth-order valence-electron chi connectivity index (χ4n) is 2.06. The Morgan fingerprint density at radius 2 is 1.24 bits per heavy atom. The zero-order valence-corrected chi connectivity index (χ0v) is 12.4. The maximum atomic E-state index is 5.96. The molecule has 0 saturated heterocycles. The largest absolute Gasteiger partial charge is 0.316 e. The maximum Gasteiger partial charge on any atom is 0.0576 e. The van der Waals surface area contributed by atoms with E-state index >= 15 is 0 Å². The minimum Gasteiger partial charge on any atom is -0.316 e. The Morgan fingerprint density at radius 1 is 0.882 bits per heavy atom. The van der Waals surface area contributed by atoms with E-state index in [1.54, 1.807) is 0 Å². The molecule has 0 aromatic heterocycles. The van der Waals surface area contributed by atoms with Crippen LogP contribution in [0.5, 0.6) is 0 Å². The number of nitrogens with zero attached hydrogens (tertiary/aromatic N) is 2. The van der Waals surface area contributed by atoms with Crippen molar-refractivity contribution in [1.29, 1.82) is 0 Å². The lowest BCUT2D eigenvalue weighted by Gasteiger charge is -2.34. The van der Waals surface area contributed by atoms with Gasteiger partial charge in [0.1, 0.15) is 0 Å². The predicted molar refractivity (Wildman–Crippen MR) is 75.8 cm³/mol. The zero-order chi connectivity index (χ0) is 13.5. The third kappa shape index (κ3) is 7.71. The number of nitrogens with two attached hydrogens (primary N) is 2. The highest BCUT2D eigenvalue weighted by Crippen LogP contribution is 2.30. The van der Waals surface area contributed by atoms with Crippen LogP contribution in [0.15, 0.2) is 0 Å². The minimum absolute atomic E-state index is 0.0754. The second-order valence-corrected chi connectivity index (χ2v) is 5.99. The van der Waals surface area contributed by atoms with Gasteiger partial charge in [0.25, 0.3) is 0 Å². The van der Waals surface area contributed by atoms with Gasteiger partial charge in [-0.05, 0) is 72.4 Å². The van der Waals surface area contributed by atoms with E-state index in [1.807, 2.05) is 0 Å². The van der Waals surface area contributed by atoms with Crippen LogP contribution in [0.1, 0.15) is 32.6 Å². The summed E-state index contributed by atoms with van der Waals surface area (Å²) in [5.74, 6) is 0. The second kappa shape index (κ2) is 8.03. The summed E-state index contributed by atoms with van der Waals surface area (Å²) in [6, 6.07) is 0. The highest BCUT2D eigenvalue weighted by Gasteiger charge is 2.28. The molecule has 4 heteroatoms. The van der Waals surface area contributed by atoms with Gasteiger partial charge in [-0.25, -0.2) is 0 Å². The molecule has 4 nitrogen and oxygen atoms in total. The van der Waals surface area contributed by atoms with Crippen molar-refractivity contribution in [3.63, 3.8) is 0 Å². The Balaban J connectivity index is 4.07. The summed E-state index contributed by atoms with van der Waals surface area (Å²) in [5, 5.41) is 0. The van der Waals surface area contributed by atoms with E-state index in [-0.39, 0.29) is 11.6 Å². The standard InChI is InChI=1S/C13H32N4/c1-13(12(14)15,8-6-10-16(2)3)9-7-11-17(4)5/h12H,6-11,14-15H2,1-5H3. The van der Waals surface area contributed by atoms with Crippen molar-refractivity contribution < 1.29 is 0 Å². The molecule has 4 N–H and O–H groups in total. The Morgan fingerprint density at radius 3 is 1.47 bits per heavy atom. The van der Waals surface area contributed by atoms with Crippen molar-refractivity contribution in [2.24, 2.45) is 16.9 Å². The molecule has 0 fully saturated rings. The lowest BCUT2D eigenvalue weighted by atomic mass is 9.78. The van der Waals surface area contributed by atoms with Crippen molar-refractivity contribution in [3.8, 4) is 0 Å². The number of rotatable bonds is 9. The van der Waals surface area contributed by atoms with Crippen LogP contribution in [0.4, 0.5) is 0 Å². The van der Waals surface area contributed by atoms with E-state index in [2.05, 4.69) is 44.9 Å². The minimum atomic E-state index is -0.216. The highest BCUT2D eigenvalue weighted by molar-refractivity contribution is 4.82. The summed E-state index contributed by atoms with van der Waals surface area (Å²) in [5.41, 5.74) is 12.0. The van der Waals surface area contributed by atoms with Gasteiger partial charge < -0.3 is 21.3 Å². The molecule has 0 amide bonds. The van der Waals surface area contributed by atoms with Crippen molar-refractivity contribution in [3.05, 3.63) is 0 Å². The van der Waals surface area contributed by atoms with Crippen LogP contribution < -0.4 is 11.5 Å². The van der Waals surface area contributed by atoms with E-state index < -0.39 is 0 Å². The van der Waals surface area contributed by atoms with Crippen LogP contribution in [-0.4, -0.2) is 57.2 Å². The summed E-state index contributed by atoms with van der Waals surface area (Å²) < 4.78 is 0. The van der Waals surface area contributed by atoms with Crippen LogP contribution in [0.2, 0.25) is 0 Å². The van der Waals surface area contributed by atoms with Crippen LogP contribution in [0, 0.1) is 5.41 Å². The highest BCUT2D eigenvalue weighted by atomic mass is 15.1. The number of hydrogen-bond acceptors (Lipinski definition) is 4. The van der Waals surface area contributed by atoms with Gasteiger partial charge in [0, 0.05) is 0 Å². The Kier molecular flexibility index (Phi) is 7.96. The molecule has 0 aromatic carbocycles.